The van der Waals surface area contributed by atoms with Gasteiger partial charge in [-0.2, -0.15) is 0 Å². The van der Waals surface area contributed by atoms with Crippen LogP contribution in [0, 0.1) is 5.92 Å². The van der Waals surface area contributed by atoms with Crippen LogP contribution in [0.5, 0.6) is 0 Å². The van der Waals surface area contributed by atoms with Crippen molar-refractivity contribution in [2.75, 3.05) is 53.5 Å². The molecule has 1 heterocycles. The molecule has 2 aliphatic rings. The Hall–Kier alpha value is -1.34. The number of hydrogen-bond donors (Lipinski definition) is 2. The van der Waals surface area contributed by atoms with Crippen molar-refractivity contribution in [2.45, 2.75) is 70.9 Å². The van der Waals surface area contributed by atoms with E-state index in [-0.39, 0.29) is 12.5 Å². The molecule has 1 saturated heterocycles. The molecule has 0 spiro atoms. The highest BCUT2D eigenvalue weighted by Gasteiger charge is 2.28. The van der Waals surface area contributed by atoms with Crippen molar-refractivity contribution in [3.63, 3.8) is 0 Å². The minimum atomic E-state index is 0.0171. The number of nitrogens with one attached hydrogen (secondary N) is 2. The van der Waals surface area contributed by atoms with Gasteiger partial charge in [-0.3, -0.25) is 4.79 Å². The van der Waals surface area contributed by atoms with Crippen molar-refractivity contribution >= 4 is 11.9 Å². The van der Waals surface area contributed by atoms with Crippen LogP contribution in [0.3, 0.4) is 0 Å². The molecule has 7 nitrogen and oxygen atoms in total. The number of aliphatic imine (C=N–C) groups is 1. The van der Waals surface area contributed by atoms with Gasteiger partial charge in [-0.05, 0) is 70.9 Å². The fourth-order valence-electron chi connectivity index (χ4n) is 4.14. The number of hydrogen-bond acceptors (Lipinski definition) is 4. The molecule has 0 aromatic heterocycles. The average molecular weight is 410 g/mol. The van der Waals surface area contributed by atoms with Crippen LogP contribution >= 0.6 is 0 Å². The standard InChI is InChI=1S/C22H43N5O2/c1-5-29-16-6-13-23-22(24-17-21(28)26(3)4)25-19-7-9-20(10-8-19)27-14-11-18(2)12-15-27/h18-20H,5-17H2,1-4H3,(H2,23,24,25). The second kappa shape index (κ2) is 13.1. The van der Waals surface area contributed by atoms with E-state index in [1.807, 2.05) is 6.92 Å². The van der Waals surface area contributed by atoms with E-state index in [1.54, 1.807) is 19.0 Å². The highest BCUT2D eigenvalue weighted by Crippen LogP contribution is 2.27. The second-order valence-corrected chi connectivity index (χ2v) is 8.80. The first-order chi connectivity index (χ1) is 14.0. The van der Waals surface area contributed by atoms with Gasteiger partial charge in [0.1, 0.15) is 6.54 Å². The Balaban J connectivity index is 1.79. The largest absolute Gasteiger partial charge is 0.382 e. The molecular formula is C22H43N5O2. The number of amides is 1. The quantitative estimate of drug-likeness (QED) is 0.347. The molecule has 1 saturated carbocycles. The zero-order chi connectivity index (χ0) is 21.1. The first kappa shape index (κ1) is 23.9. The third kappa shape index (κ3) is 8.91. The van der Waals surface area contributed by atoms with Gasteiger partial charge in [-0.15, -0.1) is 0 Å². The summed E-state index contributed by atoms with van der Waals surface area (Å²) in [5.41, 5.74) is 0. The van der Waals surface area contributed by atoms with Gasteiger partial charge >= 0.3 is 0 Å². The molecule has 0 atom stereocenters. The average Bonchev–Trinajstić information content (AvgIpc) is 2.72. The van der Waals surface area contributed by atoms with Crippen LogP contribution in [-0.2, 0) is 9.53 Å². The van der Waals surface area contributed by atoms with Gasteiger partial charge in [-0.25, -0.2) is 4.99 Å². The molecular weight excluding hydrogens is 366 g/mol. The number of likely N-dealkylation sites (N-methyl/N-ethyl adjacent to an activating group) is 1. The minimum Gasteiger partial charge on any atom is -0.382 e. The van der Waals surface area contributed by atoms with Crippen molar-refractivity contribution in [3.8, 4) is 0 Å². The van der Waals surface area contributed by atoms with Gasteiger partial charge in [0.2, 0.25) is 5.91 Å². The van der Waals surface area contributed by atoms with E-state index < -0.39 is 0 Å². The molecule has 2 N–H and O–H groups in total. The Labute approximate surface area is 177 Å². The number of guanidine groups is 1. The van der Waals surface area contributed by atoms with Crippen LogP contribution in [0.4, 0.5) is 0 Å². The predicted molar refractivity (Wildman–Crippen MR) is 119 cm³/mol. The van der Waals surface area contributed by atoms with Crippen LogP contribution in [0.1, 0.15) is 58.8 Å². The lowest BCUT2D eigenvalue weighted by Gasteiger charge is -2.40. The molecule has 0 aromatic carbocycles. The number of carbonyl (C=O) groups excluding carboxylic acids is 1. The van der Waals surface area contributed by atoms with Gasteiger partial charge in [0.15, 0.2) is 5.96 Å². The van der Waals surface area contributed by atoms with E-state index in [1.165, 1.54) is 38.8 Å². The molecule has 1 amide bonds. The zero-order valence-corrected chi connectivity index (χ0v) is 19.1. The first-order valence-corrected chi connectivity index (χ1v) is 11.6. The summed E-state index contributed by atoms with van der Waals surface area (Å²) in [5.74, 6) is 1.66. The SMILES string of the molecule is CCOCCCNC(=NCC(=O)N(C)C)NC1CCC(N2CCC(C)CC2)CC1. The van der Waals surface area contributed by atoms with E-state index in [0.29, 0.717) is 6.04 Å². The van der Waals surface area contributed by atoms with E-state index in [0.717, 1.165) is 56.9 Å². The second-order valence-electron chi connectivity index (χ2n) is 8.80. The molecule has 0 unspecified atom stereocenters. The maximum Gasteiger partial charge on any atom is 0.243 e. The summed E-state index contributed by atoms with van der Waals surface area (Å²) in [4.78, 5) is 20.8. The van der Waals surface area contributed by atoms with Crippen molar-refractivity contribution < 1.29 is 9.53 Å². The highest BCUT2D eigenvalue weighted by molar-refractivity contribution is 5.84. The number of piperidine rings is 1. The molecule has 0 bridgehead atoms. The fraction of sp³-hybridized carbons (Fsp3) is 0.909. The Morgan fingerprint density at radius 1 is 1.14 bits per heavy atom. The summed E-state index contributed by atoms with van der Waals surface area (Å²) in [6.45, 7) is 9.38. The van der Waals surface area contributed by atoms with Gasteiger partial charge in [0.05, 0.1) is 0 Å². The number of likely N-dealkylation sites (tertiary alicyclic amines) is 1. The summed E-state index contributed by atoms with van der Waals surface area (Å²) >= 11 is 0. The minimum absolute atomic E-state index is 0.0171. The smallest absolute Gasteiger partial charge is 0.243 e. The van der Waals surface area contributed by atoms with Crippen molar-refractivity contribution in [1.82, 2.24) is 20.4 Å². The van der Waals surface area contributed by atoms with E-state index in [9.17, 15) is 4.79 Å². The normalized spacial score (nSPS) is 24.3. The van der Waals surface area contributed by atoms with Crippen LogP contribution in [-0.4, -0.2) is 87.2 Å². The molecule has 0 aromatic rings. The number of nitrogens with zero attached hydrogens (tertiary/aromatic N) is 3. The first-order valence-electron chi connectivity index (χ1n) is 11.6. The Bertz CT molecular complexity index is 495. The predicted octanol–water partition coefficient (Wildman–Crippen LogP) is 2.08. The van der Waals surface area contributed by atoms with E-state index in [4.69, 9.17) is 4.74 Å². The molecule has 1 aliphatic heterocycles. The number of carbonyl (C=O) groups is 1. The summed E-state index contributed by atoms with van der Waals surface area (Å²) in [5, 5.41) is 6.96. The molecule has 2 fully saturated rings. The van der Waals surface area contributed by atoms with E-state index in [2.05, 4.69) is 27.4 Å². The summed E-state index contributed by atoms with van der Waals surface area (Å²) in [6.07, 6.45) is 8.45. The lowest BCUT2D eigenvalue weighted by molar-refractivity contribution is -0.127. The van der Waals surface area contributed by atoms with Crippen LogP contribution in [0.25, 0.3) is 0 Å². The third-order valence-electron chi connectivity index (χ3n) is 6.21. The lowest BCUT2D eigenvalue weighted by atomic mass is 9.88. The molecule has 29 heavy (non-hydrogen) atoms. The maximum atomic E-state index is 11.9. The fourth-order valence-corrected chi connectivity index (χ4v) is 4.14. The molecule has 7 heteroatoms. The number of rotatable bonds is 9. The summed E-state index contributed by atoms with van der Waals surface area (Å²) < 4.78 is 5.41. The molecule has 168 valence electrons. The molecule has 2 rings (SSSR count). The Kier molecular flexibility index (Phi) is 10.8. The van der Waals surface area contributed by atoms with E-state index >= 15 is 0 Å². The monoisotopic (exact) mass is 409 g/mol. The van der Waals surface area contributed by atoms with Gasteiger partial charge in [0, 0.05) is 45.9 Å². The van der Waals surface area contributed by atoms with Gasteiger partial charge in [0.25, 0.3) is 0 Å². The Morgan fingerprint density at radius 3 is 2.45 bits per heavy atom. The maximum absolute atomic E-state index is 11.9. The lowest BCUT2D eigenvalue weighted by Crippen LogP contribution is -2.49. The third-order valence-corrected chi connectivity index (χ3v) is 6.21. The topological polar surface area (TPSA) is 69.2 Å². The van der Waals surface area contributed by atoms with Crippen molar-refractivity contribution in [2.24, 2.45) is 10.9 Å². The summed E-state index contributed by atoms with van der Waals surface area (Å²) in [6, 6.07) is 1.18. The molecule has 1 aliphatic carbocycles. The van der Waals surface area contributed by atoms with Gasteiger partial charge in [-0.1, -0.05) is 6.92 Å². The van der Waals surface area contributed by atoms with Crippen LogP contribution in [0.15, 0.2) is 4.99 Å². The Morgan fingerprint density at radius 2 is 1.83 bits per heavy atom. The summed E-state index contributed by atoms with van der Waals surface area (Å²) in [7, 11) is 3.53. The van der Waals surface area contributed by atoms with Crippen LogP contribution in [0.2, 0.25) is 0 Å². The molecule has 0 radical (unpaired) electrons. The highest BCUT2D eigenvalue weighted by atomic mass is 16.5. The number of ether oxygens (including phenoxy) is 1. The van der Waals surface area contributed by atoms with Crippen LogP contribution < -0.4 is 10.6 Å². The van der Waals surface area contributed by atoms with Crippen molar-refractivity contribution in [1.29, 1.82) is 0 Å². The zero-order valence-electron chi connectivity index (χ0n) is 19.1. The van der Waals surface area contributed by atoms with Gasteiger partial charge < -0.3 is 25.2 Å². The van der Waals surface area contributed by atoms with Crippen molar-refractivity contribution in [3.05, 3.63) is 0 Å².